The monoisotopic (exact) mass is 325 g/mol. The molecule has 0 bridgehead atoms. The SMILES string of the molecule is Cc1nc(-c2ccccc2)cc(=O)n1CC(=O)NC1CCCCC1. The van der Waals surface area contributed by atoms with E-state index < -0.39 is 0 Å². The van der Waals surface area contributed by atoms with Gasteiger partial charge in [0.15, 0.2) is 0 Å². The van der Waals surface area contributed by atoms with E-state index in [4.69, 9.17) is 0 Å². The van der Waals surface area contributed by atoms with Crippen molar-refractivity contribution >= 4 is 5.91 Å². The third-order valence-corrected chi connectivity index (χ3v) is 4.54. The van der Waals surface area contributed by atoms with Gasteiger partial charge in [-0.25, -0.2) is 4.98 Å². The van der Waals surface area contributed by atoms with Crippen molar-refractivity contribution < 1.29 is 4.79 Å². The van der Waals surface area contributed by atoms with Gasteiger partial charge < -0.3 is 5.32 Å². The lowest BCUT2D eigenvalue weighted by Gasteiger charge is -2.23. The minimum Gasteiger partial charge on any atom is -0.352 e. The first-order valence-electron chi connectivity index (χ1n) is 8.57. The normalized spacial score (nSPS) is 15.2. The number of amides is 1. The highest BCUT2D eigenvalue weighted by Gasteiger charge is 2.17. The highest BCUT2D eigenvalue weighted by Crippen LogP contribution is 2.17. The molecular weight excluding hydrogens is 302 g/mol. The molecule has 1 saturated carbocycles. The van der Waals surface area contributed by atoms with E-state index >= 15 is 0 Å². The lowest BCUT2D eigenvalue weighted by Crippen LogP contribution is -2.40. The number of rotatable bonds is 4. The first-order valence-corrected chi connectivity index (χ1v) is 8.57. The Hall–Kier alpha value is -2.43. The summed E-state index contributed by atoms with van der Waals surface area (Å²) in [6, 6.07) is 11.3. The van der Waals surface area contributed by atoms with Crippen molar-refractivity contribution in [1.29, 1.82) is 0 Å². The summed E-state index contributed by atoms with van der Waals surface area (Å²) in [5.41, 5.74) is 1.35. The van der Waals surface area contributed by atoms with Gasteiger partial charge in [-0.05, 0) is 19.8 Å². The molecule has 1 aliphatic rings. The number of aryl methyl sites for hydroxylation is 1. The van der Waals surface area contributed by atoms with Gasteiger partial charge in [0.25, 0.3) is 5.56 Å². The smallest absolute Gasteiger partial charge is 0.254 e. The van der Waals surface area contributed by atoms with Crippen LogP contribution in [0.25, 0.3) is 11.3 Å². The van der Waals surface area contributed by atoms with Crippen LogP contribution in [0.1, 0.15) is 37.9 Å². The van der Waals surface area contributed by atoms with E-state index in [1.807, 2.05) is 30.3 Å². The maximum Gasteiger partial charge on any atom is 0.254 e. The van der Waals surface area contributed by atoms with Gasteiger partial charge in [0.1, 0.15) is 12.4 Å². The second-order valence-corrected chi connectivity index (χ2v) is 6.38. The van der Waals surface area contributed by atoms with Crippen LogP contribution < -0.4 is 10.9 Å². The molecule has 126 valence electrons. The molecule has 0 saturated heterocycles. The summed E-state index contributed by atoms with van der Waals surface area (Å²) in [7, 11) is 0. The first kappa shape index (κ1) is 16.4. The standard InChI is InChI=1S/C19H23N3O2/c1-14-20-17(15-8-4-2-5-9-15)12-19(24)22(14)13-18(23)21-16-10-6-3-7-11-16/h2,4-5,8-9,12,16H,3,6-7,10-11,13H2,1H3,(H,21,23). The highest BCUT2D eigenvalue weighted by atomic mass is 16.2. The molecule has 0 unspecified atom stereocenters. The van der Waals surface area contributed by atoms with Gasteiger partial charge >= 0.3 is 0 Å². The number of nitrogens with one attached hydrogen (secondary N) is 1. The Morgan fingerprint density at radius 2 is 1.92 bits per heavy atom. The Morgan fingerprint density at radius 1 is 1.21 bits per heavy atom. The largest absolute Gasteiger partial charge is 0.352 e. The van der Waals surface area contributed by atoms with Crippen molar-refractivity contribution in [3.8, 4) is 11.3 Å². The number of nitrogens with zero attached hydrogens (tertiary/aromatic N) is 2. The van der Waals surface area contributed by atoms with E-state index in [1.54, 1.807) is 6.92 Å². The van der Waals surface area contributed by atoms with Gasteiger partial charge in [-0.3, -0.25) is 14.2 Å². The van der Waals surface area contributed by atoms with Gasteiger partial charge in [0.05, 0.1) is 5.69 Å². The zero-order valence-electron chi connectivity index (χ0n) is 14.0. The molecular formula is C19H23N3O2. The zero-order valence-corrected chi connectivity index (χ0v) is 14.0. The molecule has 1 fully saturated rings. The number of carbonyl (C=O) groups is 1. The molecule has 1 amide bonds. The van der Waals surface area contributed by atoms with Gasteiger partial charge in [0, 0.05) is 17.7 Å². The molecule has 1 heterocycles. The molecule has 0 radical (unpaired) electrons. The topological polar surface area (TPSA) is 64.0 Å². The Balaban J connectivity index is 1.74. The van der Waals surface area contributed by atoms with Gasteiger partial charge in [-0.15, -0.1) is 0 Å². The molecule has 1 aromatic carbocycles. The Morgan fingerprint density at radius 3 is 2.58 bits per heavy atom. The molecule has 2 aromatic rings. The number of benzene rings is 1. The van der Waals surface area contributed by atoms with Crippen LogP contribution in [0.5, 0.6) is 0 Å². The lowest BCUT2D eigenvalue weighted by molar-refractivity contribution is -0.122. The maximum atomic E-state index is 12.4. The Labute approximate surface area is 141 Å². The molecule has 0 atom stereocenters. The van der Waals surface area contributed by atoms with E-state index in [0.29, 0.717) is 11.5 Å². The van der Waals surface area contributed by atoms with E-state index in [1.165, 1.54) is 17.1 Å². The van der Waals surface area contributed by atoms with E-state index in [-0.39, 0.29) is 24.1 Å². The van der Waals surface area contributed by atoms with Crippen LogP contribution in [-0.2, 0) is 11.3 Å². The molecule has 1 aromatic heterocycles. The van der Waals surface area contributed by atoms with Crippen LogP contribution in [0.3, 0.4) is 0 Å². The predicted molar refractivity (Wildman–Crippen MR) is 93.7 cm³/mol. The first-order chi connectivity index (χ1) is 11.6. The van der Waals surface area contributed by atoms with Crippen LogP contribution >= 0.6 is 0 Å². The van der Waals surface area contributed by atoms with Crippen molar-refractivity contribution in [1.82, 2.24) is 14.9 Å². The fourth-order valence-corrected chi connectivity index (χ4v) is 3.23. The quantitative estimate of drug-likeness (QED) is 0.940. The molecule has 0 aliphatic heterocycles. The highest BCUT2D eigenvalue weighted by molar-refractivity contribution is 5.76. The summed E-state index contributed by atoms with van der Waals surface area (Å²) in [6.07, 6.45) is 5.64. The van der Waals surface area contributed by atoms with Crippen LogP contribution in [0.4, 0.5) is 0 Å². The number of hydrogen-bond acceptors (Lipinski definition) is 3. The third kappa shape index (κ3) is 3.91. The van der Waals surface area contributed by atoms with Crippen molar-refractivity contribution in [3.63, 3.8) is 0 Å². The fraction of sp³-hybridized carbons (Fsp3) is 0.421. The van der Waals surface area contributed by atoms with Crippen LogP contribution in [-0.4, -0.2) is 21.5 Å². The molecule has 5 nitrogen and oxygen atoms in total. The minimum absolute atomic E-state index is 0.0310. The number of carbonyl (C=O) groups excluding carboxylic acids is 1. The summed E-state index contributed by atoms with van der Waals surface area (Å²) in [5.74, 6) is 0.446. The van der Waals surface area contributed by atoms with Gasteiger partial charge in [-0.1, -0.05) is 49.6 Å². The van der Waals surface area contributed by atoms with Crippen molar-refractivity contribution in [2.45, 2.75) is 51.6 Å². The second kappa shape index (κ2) is 7.43. The van der Waals surface area contributed by atoms with E-state index in [0.717, 1.165) is 31.2 Å². The molecule has 1 N–H and O–H groups in total. The number of hydrogen-bond donors (Lipinski definition) is 1. The molecule has 24 heavy (non-hydrogen) atoms. The van der Waals surface area contributed by atoms with Crippen LogP contribution in [0.15, 0.2) is 41.2 Å². The maximum absolute atomic E-state index is 12.4. The Kier molecular flexibility index (Phi) is 5.08. The van der Waals surface area contributed by atoms with Crippen LogP contribution in [0, 0.1) is 6.92 Å². The summed E-state index contributed by atoms with van der Waals surface area (Å²) in [5, 5.41) is 3.04. The Bertz CT molecular complexity index is 762. The average molecular weight is 325 g/mol. The van der Waals surface area contributed by atoms with E-state index in [2.05, 4.69) is 10.3 Å². The molecule has 5 heteroatoms. The summed E-state index contributed by atoms with van der Waals surface area (Å²) >= 11 is 0. The second-order valence-electron chi connectivity index (χ2n) is 6.38. The van der Waals surface area contributed by atoms with Crippen molar-refractivity contribution in [3.05, 3.63) is 52.6 Å². The lowest BCUT2D eigenvalue weighted by atomic mass is 9.95. The van der Waals surface area contributed by atoms with Gasteiger partial charge in [-0.2, -0.15) is 0 Å². The molecule has 1 aliphatic carbocycles. The summed E-state index contributed by atoms with van der Waals surface area (Å²) in [4.78, 5) is 29.1. The predicted octanol–water partition coefficient (Wildman–Crippen LogP) is 2.67. The minimum atomic E-state index is -0.194. The molecule has 0 spiro atoms. The van der Waals surface area contributed by atoms with Gasteiger partial charge in [0.2, 0.25) is 5.91 Å². The fourth-order valence-electron chi connectivity index (χ4n) is 3.23. The molecule has 3 rings (SSSR count). The summed E-state index contributed by atoms with van der Waals surface area (Å²) < 4.78 is 1.44. The van der Waals surface area contributed by atoms with Crippen molar-refractivity contribution in [2.24, 2.45) is 0 Å². The van der Waals surface area contributed by atoms with Crippen molar-refractivity contribution in [2.75, 3.05) is 0 Å². The zero-order chi connectivity index (χ0) is 16.9. The number of aromatic nitrogens is 2. The van der Waals surface area contributed by atoms with Crippen LogP contribution in [0.2, 0.25) is 0 Å². The van der Waals surface area contributed by atoms with E-state index in [9.17, 15) is 9.59 Å². The summed E-state index contributed by atoms with van der Waals surface area (Å²) in [6.45, 7) is 1.80. The average Bonchev–Trinajstić information content (AvgIpc) is 2.59. The third-order valence-electron chi connectivity index (χ3n) is 4.54.